The Morgan fingerprint density at radius 2 is 1.82 bits per heavy atom. The van der Waals surface area contributed by atoms with Gasteiger partial charge in [0.15, 0.2) is 16.7 Å². The van der Waals surface area contributed by atoms with Crippen molar-refractivity contribution in [2.24, 2.45) is 4.99 Å². The number of nitrogens with zero attached hydrogens (tertiary/aromatic N) is 2. The summed E-state index contributed by atoms with van der Waals surface area (Å²) in [6, 6.07) is 16.5. The number of hydrogen-bond acceptors (Lipinski definition) is 6. The van der Waals surface area contributed by atoms with Gasteiger partial charge >= 0.3 is 5.97 Å². The standard InChI is InChI=1S/C28H24Br2N2O5S/c1-4-36-23-12-18(21(30)14-24(23)37-15-17-8-10-19(29)11-9-17)13-25-26(33)32(3)28(38-25)31-22-7-5-6-20(16(22)2)27(34)35/h5-14H,4,15H2,1-3H3,(H,34,35)/b25-13-,31-28?. The minimum absolute atomic E-state index is 0.175. The molecule has 3 aromatic carbocycles. The molecule has 1 heterocycles. The van der Waals surface area contributed by atoms with Gasteiger partial charge in [0.25, 0.3) is 5.91 Å². The second-order valence-electron chi connectivity index (χ2n) is 8.29. The number of aromatic carboxylic acids is 1. The molecule has 196 valence electrons. The molecule has 0 bridgehead atoms. The second kappa shape index (κ2) is 12.2. The molecule has 0 aliphatic carbocycles. The van der Waals surface area contributed by atoms with E-state index in [0.29, 0.717) is 46.0 Å². The Bertz CT molecular complexity index is 1450. The van der Waals surface area contributed by atoms with Crippen molar-refractivity contribution in [3.8, 4) is 11.5 Å². The molecular weight excluding hydrogens is 636 g/mol. The van der Waals surface area contributed by atoms with E-state index in [2.05, 4.69) is 36.9 Å². The number of amidine groups is 1. The number of thioether (sulfide) groups is 1. The van der Waals surface area contributed by atoms with Gasteiger partial charge in [-0.05, 0) is 84.8 Å². The predicted octanol–water partition coefficient (Wildman–Crippen LogP) is 7.43. The number of likely N-dealkylation sites (N-methyl/N-ethyl adjacent to an activating group) is 1. The minimum atomic E-state index is -1.02. The fourth-order valence-electron chi connectivity index (χ4n) is 3.66. The molecule has 0 saturated carbocycles. The summed E-state index contributed by atoms with van der Waals surface area (Å²) < 4.78 is 13.6. The third kappa shape index (κ3) is 6.31. The number of halogens is 2. The highest BCUT2D eigenvalue weighted by molar-refractivity contribution is 9.10. The maximum absolute atomic E-state index is 13.0. The van der Waals surface area contributed by atoms with Crippen molar-refractivity contribution in [2.45, 2.75) is 20.5 Å². The summed E-state index contributed by atoms with van der Waals surface area (Å²) in [5.41, 5.74) is 2.98. The van der Waals surface area contributed by atoms with E-state index in [0.717, 1.165) is 20.1 Å². The van der Waals surface area contributed by atoms with Crippen LogP contribution in [0.4, 0.5) is 5.69 Å². The molecule has 0 spiro atoms. The zero-order valence-electron chi connectivity index (χ0n) is 20.8. The summed E-state index contributed by atoms with van der Waals surface area (Å²) in [7, 11) is 1.64. The van der Waals surface area contributed by atoms with Crippen LogP contribution in [-0.4, -0.2) is 40.7 Å². The molecule has 3 aromatic rings. The number of carbonyl (C=O) groups excluding carboxylic acids is 1. The Labute approximate surface area is 241 Å². The summed E-state index contributed by atoms with van der Waals surface area (Å²) in [5, 5.41) is 9.87. The van der Waals surface area contributed by atoms with Gasteiger partial charge in [-0.15, -0.1) is 0 Å². The maximum Gasteiger partial charge on any atom is 0.336 e. The van der Waals surface area contributed by atoms with Gasteiger partial charge in [-0.2, -0.15) is 0 Å². The molecule has 0 unspecified atom stereocenters. The van der Waals surface area contributed by atoms with E-state index in [1.54, 1.807) is 32.2 Å². The van der Waals surface area contributed by atoms with E-state index in [9.17, 15) is 14.7 Å². The Balaban J connectivity index is 1.61. The largest absolute Gasteiger partial charge is 0.490 e. The SMILES string of the molecule is CCOc1cc(/C=C2\SC(=Nc3cccc(C(=O)O)c3C)N(C)C2=O)c(Br)cc1OCc1ccc(Br)cc1. The summed E-state index contributed by atoms with van der Waals surface area (Å²) in [4.78, 5) is 31.0. The van der Waals surface area contributed by atoms with Gasteiger partial charge in [-0.25, -0.2) is 9.79 Å². The minimum Gasteiger partial charge on any atom is -0.490 e. The lowest BCUT2D eigenvalue weighted by atomic mass is 10.1. The first-order valence-corrected chi connectivity index (χ1v) is 14.0. The molecule has 1 N–H and O–H groups in total. The third-order valence-electron chi connectivity index (χ3n) is 5.71. The summed E-state index contributed by atoms with van der Waals surface area (Å²) in [6.07, 6.45) is 1.78. The van der Waals surface area contributed by atoms with Gasteiger partial charge in [-0.1, -0.05) is 50.1 Å². The lowest BCUT2D eigenvalue weighted by molar-refractivity contribution is -0.121. The van der Waals surface area contributed by atoms with Crippen LogP contribution in [0.15, 0.2) is 73.4 Å². The highest BCUT2D eigenvalue weighted by atomic mass is 79.9. The Hall–Kier alpha value is -3.08. The topological polar surface area (TPSA) is 88.4 Å². The summed E-state index contributed by atoms with van der Waals surface area (Å²) in [6.45, 7) is 4.43. The molecule has 7 nitrogen and oxygen atoms in total. The molecule has 1 amide bonds. The average Bonchev–Trinajstić information content (AvgIpc) is 3.14. The van der Waals surface area contributed by atoms with Crippen molar-refractivity contribution in [2.75, 3.05) is 13.7 Å². The number of hydrogen-bond donors (Lipinski definition) is 1. The molecule has 10 heteroatoms. The third-order valence-corrected chi connectivity index (χ3v) is 7.99. The van der Waals surface area contributed by atoms with E-state index in [1.807, 2.05) is 43.3 Å². The molecule has 4 rings (SSSR count). The van der Waals surface area contributed by atoms with Crippen LogP contribution in [0.1, 0.15) is 34.0 Å². The van der Waals surface area contributed by atoms with Crippen LogP contribution >= 0.6 is 43.6 Å². The lowest BCUT2D eigenvalue weighted by Gasteiger charge is -2.14. The van der Waals surface area contributed by atoms with Crippen molar-refractivity contribution < 1.29 is 24.2 Å². The predicted molar refractivity (Wildman–Crippen MR) is 157 cm³/mol. The maximum atomic E-state index is 13.0. The quantitative estimate of drug-likeness (QED) is 0.253. The molecule has 0 atom stereocenters. The molecule has 1 aliphatic rings. The van der Waals surface area contributed by atoms with Crippen LogP contribution < -0.4 is 9.47 Å². The highest BCUT2D eigenvalue weighted by Gasteiger charge is 2.31. The number of ether oxygens (including phenoxy) is 2. The van der Waals surface area contributed by atoms with E-state index < -0.39 is 5.97 Å². The zero-order chi connectivity index (χ0) is 27.4. The van der Waals surface area contributed by atoms with E-state index in [1.165, 1.54) is 22.7 Å². The van der Waals surface area contributed by atoms with Crippen molar-refractivity contribution in [1.82, 2.24) is 4.90 Å². The van der Waals surface area contributed by atoms with E-state index in [4.69, 9.17) is 9.47 Å². The van der Waals surface area contributed by atoms with Crippen LogP contribution in [0.5, 0.6) is 11.5 Å². The molecule has 0 aromatic heterocycles. The number of aliphatic imine (C=N–C) groups is 1. The van der Waals surface area contributed by atoms with Crippen LogP contribution in [0.3, 0.4) is 0 Å². The summed E-state index contributed by atoms with van der Waals surface area (Å²) in [5.74, 6) is -0.0742. The zero-order valence-corrected chi connectivity index (χ0v) is 24.8. The number of carbonyl (C=O) groups is 2. The van der Waals surface area contributed by atoms with Crippen molar-refractivity contribution in [1.29, 1.82) is 0 Å². The van der Waals surface area contributed by atoms with Gasteiger partial charge in [0.1, 0.15) is 6.61 Å². The first kappa shape index (κ1) is 27.9. The van der Waals surface area contributed by atoms with E-state index in [-0.39, 0.29) is 11.5 Å². The first-order valence-electron chi connectivity index (χ1n) is 11.6. The van der Waals surface area contributed by atoms with Gasteiger partial charge in [0.2, 0.25) is 0 Å². The molecule has 0 radical (unpaired) electrons. The fraction of sp³-hybridized carbons (Fsp3) is 0.179. The fourth-order valence-corrected chi connectivity index (χ4v) is 5.33. The average molecular weight is 660 g/mol. The Morgan fingerprint density at radius 1 is 1.11 bits per heavy atom. The van der Waals surface area contributed by atoms with Crippen LogP contribution in [0.2, 0.25) is 0 Å². The number of carboxylic acids is 1. The first-order chi connectivity index (χ1) is 18.2. The normalized spacial score (nSPS) is 15.4. The van der Waals surface area contributed by atoms with Gasteiger partial charge in [0, 0.05) is 16.0 Å². The Morgan fingerprint density at radius 3 is 2.50 bits per heavy atom. The number of carboxylic acid groups (broad SMARTS) is 1. The monoisotopic (exact) mass is 658 g/mol. The second-order valence-corrected chi connectivity index (χ2v) is 11.1. The van der Waals surface area contributed by atoms with Crippen LogP contribution in [-0.2, 0) is 11.4 Å². The van der Waals surface area contributed by atoms with Crippen molar-refractivity contribution >= 4 is 72.4 Å². The molecule has 1 aliphatic heterocycles. The summed E-state index contributed by atoms with van der Waals surface area (Å²) >= 11 is 8.26. The molecule has 38 heavy (non-hydrogen) atoms. The number of rotatable bonds is 8. The number of benzene rings is 3. The smallest absolute Gasteiger partial charge is 0.336 e. The Kier molecular flexibility index (Phi) is 8.96. The molecule has 1 saturated heterocycles. The molecule has 1 fully saturated rings. The number of amides is 1. The van der Waals surface area contributed by atoms with Crippen LogP contribution in [0, 0.1) is 6.92 Å². The van der Waals surface area contributed by atoms with Crippen molar-refractivity contribution in [3.63, 3.8) is 0 Å². The van der Waals surface area contributed by atoms with Gasteiger partial charge in [-0.3, -0.25) is 9.69 Å². The van der Waals surface area contributed by atoms with Gasteiger partial charge in [0.05, 0.1) is 22.8 Å². The lowest BCUT2D eigenvalue weighted by Crippen LogP contribution is -2.23. The van der Waals surface area contributed by atoms with E-state index >= 15 is 0 Å². The van der Waals surface area contributed by atoms with Crippen LogP contribution in [0.25, 0.3) is 6.08 Å². The molecular formula is C28H24Br2N2O5S. The van der Waals surface area contributed by atoms with Crippen molar-refractivity contribution in [3.05, 3.63) is 90.7 Å². The van der Waals surface area contributed by atoms with Gasteiger partial charge < -0.3 is 14.6 Å². The highest BCUT2D eigenvalue weighted by Crippen LogP contribution is 2.39.